The Morgan fingerprint density at radius 2 is 1.92 bits per heavy atom. The molecule has 13 heavy (non-hydrogen) atoms. The molecular weight excluding hydrogens is 184 g/mol. The molecule has 3 nitrogen and oxygen atoms in total. The van der Waals surface area contributed by atoms with Crippen molar-refractivity contribution in [1.29, 1.82) is 0 Å². The summed E-state index contributed by atoms with van der Waals surface area (Å²) in [6.45, 7) is 5.41. The Morgan fingerprint density at radius 1 is 1.46 bits per heavy atom. The molecule has 0 aliphatic heterocycles. The van der Waals surface area contributed by atoms with Gasteiger partial charge in [-0.1, -0.05) is 12.2 Å². The molecule has 0 radical (unpaired) electrons. The second-order valence-electron chi connectivity index (χ2n) is 3.42. The number of nitrogens with zero attached hydrogens (tertiary/aromatic N) is 1. The molecule has 0 aromatic heterocycles. The predicted molar refractivity (Wildman–Crippen MR) is 56.4 cm³/mol. The maximum atomic E-state index is 11.9. The average Bonchev–Trinajstić information content (AvgIpc) is 2.86. The number of rotatable bonds is 4. The van der Waals surface area contributed by atoms with Crippen LogP contribution in [0.2, 0.25) is 0 Å². The van der Waals surface area contributed by atoms with Crippen LogP contribution in [0.15, 0.2) is 0 Å². The van der Waals surface area contributed by atoms with Gasteiger partial charge in [-0.3, -0.25) is 4.79 Å². The van der Waals surface area contributed by atoms with Crippen LogP contribution in [-0.2, 0) is 4.79 Å². The van der Waals surface area contributed by atoms with Crippen LogP contribution < -0.4 is 5.73 Å². The molecule has 0 heterocycles. The Kier molecular flexibility index (Phi) is 2.91. The number of carbonyl (C=O) groups is 1. The molecule has 0 saturated heterocycles. The first-order chi connectivity index (χ1) is 6.08. The zero-order valence-corrected chi connectivity index (χ0v) is 8.99. The third kappa shape index (κ3) is 1.68. The molecule has 1 aliphatic rings. The number of hydrogen-bond donors (Lipinski definition) is 1. The molecule has 0 atom stereocenters. The summed E-state index contributed by atoms with van der Waals surface area (Å²) >= 11 is 4.92. The van der Waals surface area contributed by atoms with E-state index in [0.717, 1.165) is 25.9 Å². The summed E-state index contributed by atoms with van der Waals surface area (Å²) in [6, 6.07) is 0. The first-order valence-electron chi connectivity index (χ1n) is 4.67. The van der Waals surface area contributed by atoms with Gasteiger partial charge in [0.2, 0.25) is 5.91 Å². The molecule has 0 spiro atoms. The van der Waals surface area contributed by atoms with Crippen molar-refractivity contribution >= 4 is 23.1 Å². The van der Waals surface area contributed by atoms with Gasteiger partial charge < -0.3 is 10.6 Å². The zero-order valence-electron chi connectivity index (χ0n) is 8.17. The van der Waals surface area contributed by atoms with Crippen molar-refractivity contribution in [2.75, 3.05) is 13.1 Å². The molecule has 2 N–H and O–H groups in total. The Labute approximate surface area is 84.3 Å². The van der Waals surface area contributed by atoms with Crippen LogP contribution in [0.4, 0.5) is 0 Å². The van der Waals surface area contributed by atoms with Gasteiger partial charge in [0.15, 0.2) is 0 Å². The second kappa shape index (κ2) is 3.62. The van der Waals surface area contributed by atoms with Gasteiger partial charge >= 0.3 is 0 Å². The van der Waals surface area contributed by atoms with Crippen molar-refractivity contribution in [1.82, 2.24) is 4.90 Å². The van der Waals surface area contributed by atoms with Gasteiger partial charge in [-0.25, -0.2) is 0 Å². The van der Waals surface area contributed by atoms with Crippen molar-refractivity contribution in [2.45, 2.75) is 26.7 Å². The summed E-state index contributed by atoms with van der Waals surface area (Å²) in [5, 5.41) is 0. The Morgan fingerprint density at radius 3 is 2.15 bits per heavy atom. The summed E-state index contributed by atoms with van der Waals surface area (Å²) in [4.78, 5) is 14.1. The normalized spacial score (nSPS) is 18.0. The lowest BCUT2D eigenvalue weighted by Gasteiger charge is -2.24. The molecule has 74 valence electrons. The van der Waals surface area contributed by atoms with Crippen LogP contribution in [0, 0.1) is 5.41 Å². The lowest BCUT2D eigenvalue weighted by molar-refractivity contribution is -0.134. The van der Waals surface area contributed by atoms with Crippen LogP contribution >= 0.6 is 12.2 Å². The van der Waals surface area contributed by atoms with Gasteiger partial charge in [-0.15, -0.1) is 0 Å². The fourth-order valence-corrected chi connectivity index (χ4v) is 1.80. The smallest absolute Gasteiger partial charge is 0.235 e. The van der Waals surface area contributed by atoms with Crippen molar-refractivity contribution in [2.24, 2.45) is 11.1 Å². The number of carbonyl (C=O) groups excluding carboxylic acids is 1. The van der Waals surface area contributed by atoms with E-state index in [2.05, 4.69) is 0 Å². The maximum Gasteiger partial charge on any atom is 0.235 e. The quantitative estimate of drug-likeness (QED) is 0.686. The molecule has 0 bridgehead atoms. The molecule has 0 aromatic rings. The van der Waals surface area contributed by atoms with Gasteiger partial charge in [0.1, 0.15) is 0 Å². The molecule has 4 heteroatoms. The van der Waals surface area contributed by atoms with Crippen LogP contribution in [0.5, 0.6) is 0 Å². The summed E-state index contributed by atoms with van der Waals surface area (Å²) in [7, 11) is 0. The van der Waals surface area contributed by atoms with Gasteiger partial charge in [-0.05, 0) is 26.7 Å². The Balaban J connectivity index is 2.72. The summed E-state index contributed by atoms with van der Waals surface area (Å²) in [6.07, 6.45) is 1.66. The number of thiocarbonyl (C=S) groups is 1. The first kappa shape index (κ1) is 10.4. The van der Waals surface area contributed by atoms with E-state index in [1.54, 1.807) is 4.90 Å². The minimum absolute atomic E-state index is 0.116. The third-order valence-electron chi connectivity index (χ3n) is 2.68. The van der Waals surface area contributed by atoms with Crippen molar-refractivity contribution in [3.63, 3.8) is 0 Å². The van der Waals surface area contributed by atoms with E-state index in [9.17, 15) is 4.79 Å². The van der Waals surface area contributed by atoms with E-state index in [1.165, 1.54) is 0 Å². The molecular formula is C9H16N2OS. The van der Waals surface area contributed by atoms with Crippen molar-refractivity contribution < 1.29 is 4.79 Å². The topological polar surface area (TPSA) is 46.3 Å². The fourth-order valence-electron chi connectivity index (χ4n) is 1.50. The molecule has 1 rings (SSSR count). The van der Waals surface area contributed by atoms with Crippen LogP contribution in [0.25, 0.3) is 0 Å². The average molecular weight is 200 g/mol. The molecule has 0 aromatic carbocycles. The highest BCUT2D eigenvalue weighted by Crippen LogP contribution is 2.47. The summed E-state index contributed by atoms with van der Waals surface area (Å²) in [5.41, 5.74) is 5.09. The maximum absolute atomic E-state index is 11.9. The molecule has 1 saturated carbocycles. The van der Waals surface area contributed by atoms with Gasteiger partial charge in [0, 0.05) is 13.1 Å². The number of hydrogen-bond acceptors (Lipinski definition) is 2. The van der Waals surface area contributed by atoms with E-state index in [0.29, 0.717) is 4.99 Å². The number of nitrogens with two attached hydrogens (primary N) is 1. The SMILES string of the molecule is CCN(CC)C(=O)C1(C(N)=S)CC1. The fraction of sp³-hybridized carbons (Fsp3) is 0.778. The highest BCUT2D eigenvalue weighted by atomic mass is 32.1. The van der Waals surface area contributed by atoms with E-state index >= 15 is 0 Å². The second-order valence-corrected chi connectivity index (χ2v) is 3.86. The van der Waals surface area contributed by atoms with Gasteiger partial charge in [-0.2, -0.15) is 0 Å². The Hall–Kier alpha value is -0.640. The largest absolute Gasteiger partial charge is 0.392 e. The van der Waals surface area contributed by atoms with E-state index in [4.69, 9.17) is 18.0 Å². The third-order valence-corrected chi connectivity index (χ3v) is 3.07. The standard InChI is InChI=1S/C9H16N2OS/c1-3-11(4-2)8(12)9(5-6-9)7(10)13/h3-6H2,1-2H3,(H2,10,13). The number of amides is 1. The highest BCUT2D eigenvalue weighted by molar-refractivity contribution is 7.80. The predicted octanol–water partition coefficient (Wildman–Crippen LogP) is 0.921. The highest BCUT2D eigenvalue weighted by Gasteiger charge is 2.53. The lowest BCUT2D eigenvalue weighted by atomic mass is 10.1. The minimum atomic E-state index is -0.471. The van der Waals surface area contributed by atoms with Crippen LogP contribution in [0.1, 0.15) is 26.7 Å². The van der Waals surface area contributed by atoms with Crippen molar-refractivity contribution in [3.8, 4) is 0 Å². The van der Waals surface area contributed by atoms with Crippen LogP contribution in [-0.4, -0.2) is 28.9 Å². The van der Waals surface area contributed by atoms with Crippen LogP contribution in [0.3, 0.4) is 0 Å². The zero-order chi connectivity index (χ0) is 10.1. The summed E-state index contributed by atoms with van der Waals surface area (Å²) in [5.74, 6) is 0.116. The minimum Gasteiger partial charge on any atom is -0.392 e. The van der Waals surface area contributed by atoms with E-state index in [-0.39, 0.29) is 5.91 Å². The molecule has 1 aliphatic carbocycles. The van der Waals surface area contributed by atoms with E-state index < -0.39 is 5.41 Å². The molecule has 1 amide bonds. The van der Waals surface area contributed by atoms with Gasteiger partial charge in [0.25, 0.3) is 0 Å². The molecule has 1 fully saturated rings. The Bertz CT molecular complexity index is 232. The summed E-state index contributed by atoms with van der Waals surface area (Å²) < 4.78 is 0. The lowest BCUT2D eigenvalue weighted by Crippen LogP contribution is -2.42. The van der Waals surface area contributed by atoms with E-state index in [1.807, 2.05) is 13.8 Å². The first-order valence-corrected chi connectivity index (χ1v) is 5.08. The van der Waals surface area contributed by atoms with Gasteiger partial charge in [0.05, 0.1) is 10.4 Å². The van der Waals surface area contributed by atoms with Crippen molar-refractivity contribution in [3.05, 3.63) is 0 Å². The molecule has 0 unspecified atom stereocenters. The monoisotopic (exact) mass is 200 g/mol.